The zero-order valence-corrected chi connectivity index (χ0v) is 13.3. The molecule has 0 atom stereocenters. The smallest absolute Gasteiger partial charge is 0.268 e. The fourth-order valence-corrected chi connectivity index (χ4v) is 2.75. The van der Waals surface area contributed by atoms with Crippen LogP contribution in [0.2, 0.25) is 0 Å². The Morgan fingerprint density at radius 1 is 1.17 bits per heavy atom. The topological polar surface area (TPSA) is 54.1 Å². The van der Waals surface area contributed by atoms with Crippen LogP contribution in [0.5, 0.6) is 5.75 Å². The number of aromatic amines is 1. The van der Waals surface area contributed by atoms with E-state index in [9.17, 15) is 4.79 Å². The molecule has 0 spiro atoms. The molecule has 0 saturated heterocycles. The molecule has 0 aliphatic heterocycles. The number of carbonyl (C=O) groups excluding carboxylic acids is 1. The second-order valence-electron chi connectivity index (χ2n) is 5.53. The molecule has 1 aromatic heterocycles. The van der Waals surface area contributed by atoms with Gasteiger partial charge in [-0.25, -0.2) is 0 Å². The van der Waals surface area contributed by atoms with Crippen LogP contribution in [-0.2, 0) is 6.42 Å². The van der Waals surface area contributed by atoms with Gasteiger partial charge >= 0.3 is 0 Å². The predicted molar refractivity (Wildman–Crippen MR) is 92.1 cm³/mol. The maximum Gasteiger partial charge on any atom is 0.268 e. The molecule has 3 aromatic rings. The van der Waals surface area contributed by atoms with Crippen LogP contribution in [-0.4, -0.2) is 24.5 Å². The van der Waals surface area contributed by atoms with Gasteiger partial charge in [0.15, 0.2) is 0 Å². The first-order valence-electron chi connectivity index (χ1n) is 7.67. The van der Waals surface area contributed by atoms with Crippen molar-refractivity contribution in [2.24, 2.45) is 0 Å². The molecule has 0 saturated carbocycles. The average Bonchev–Trinajstić information content (AvgIpc) is 2.92. The number of hydrogen-bond acceptors (Lipinski definition) is 2. The Morgan fingerprint density at radius 2 is 2.00 bits per heavy atom. The summed E-state index contributed by atoms with van der Waals surface area (Å²) in [6, 6.07) is 15.8. The van der Waals surface area contributed by atoms with Crippen LogP contribution in [0.3, 0.4) is 0 Å². The van der Waals surface area contributed by atoms with Crippen LogP contribution in [0.25, 0.3) is 10.9 Å². The molecule has 0 aliphatic carbocycles. The molecule has 1 heterocycles. The molecule has 3 rings (SSSR count). The number of fused-ring (bicyclic) bond motifs is 1. The van der Waals surface area contributed by atoms with Crippen LogP contribution in [0.15, 0.2) is 48.5 Å². The van der Waals surface area contributed by atoms with Crippen molar-refractivity contribution in [3.63, 3.8) is 0 Å². The SMILES string of the molecule is COc1cccc(CCNC(=O)c2[nH]c3ccccc3c2C)c1. The lowest BCUT2D eigenvalue weighted by atomic mass is 10.1. The Balaban J connectivity index is 1.65. The number of aryl methyl sites for hydroxylation is 1. The highest BCUT2D eigenvalue weighted by atomic mass is 16.5. The van der Waals surface area contributed by atoms with Crippen molar-refractivity contribution >= 4 is 16.8 Å². The van der Waals surface area contributed by atoms with E-state index in [0.717, 1.165) is 34.2 Å². The maximum absolute atomic E-state index is 12.4. The number of carbonyl (C=O) groups is 1. The highest BCUT2D eigenvalue weighted by molar-refractivity contribution is 6.00. The van der Waals surface area contributed by atoms with Crippen molar-refractivity contribution in [3.05, 3.63) is 65.4 Å². The van der Waals surface area contributed by atoms with Crippen molar-refractivity contribution < 1.29 is 9.53 Å². The minimum atomic E-state index is -0.0680. The summed E-state index contributed by atoms with van der Waals surface area (Å²) in [4.78, 5) is 15.6. The largest absolute Gasteiger partial charge is 0.497 e. The van der Waals surface area contributed by atoms with E-state index in [-0.39, 0.29) is 5.91 Å². The minimum Gasteiger partial charge on any atom is -0.497 e. The van der Waals surface area contributed by atoms with Crippen molar-refractivity contribution in [3.8, 4) is 5.75 Å². The van der Waals surface area contributed by atoms with Gasteiger partial charge in [-0.05, 0) is 42.7 Å². The fourth-order valence-electron chi connectivity index (χ4n) is 2.75. The average molecular weight is 308 g/mol. The first-order valence-corrected chi connectivity index (χ1v) is 7.67. The summed E-state index contributed by atoms with van der Waals surface area (Å²) < 4.78 is 5.21. The predicted octanol–water partition coefficient (Wildman–Crippen LogP) is 3.46. The van der Waals surface area contributed by atoms with Gasteiger partial charge in [0, 0.05) is 17.4 Å². The van der Waals surface area contributed by atoms with Gasteiger partial charge in [-0.1, -0.05) is 30.3 Å². The Kier molecular flexibility index (Phi) is 4.33. The molecule has 0 radical (unpaired) electrons. The van der Waals surface area contributed by atoms with Gasteiger partial charge in [-0.3, -0.25) is 4.79 Å². The number of aromatic nitrogens is 1. The van der Waals surface area contributed by atoms with Gasteiger partial charge in [0.05, 0.1) is 7.11 Å². The van der Waals surface area contributed by atoms with E-state index in [1.54, 1.807) is 7.11 Å². The number of benzene rings is 2. The summed E-state index contributed by atoms with van der Waals surface area (Å²) in [5.74, 6) is 0.766. The molecule has 2 aromatic carbocycles. The van der Waals surface area contributed by atoms with Gasteiger partial charge in [0.25, 0.3) is 5.91 Å². The lowest BCUT2D eigenvalue weighted by Gasteiger charge is -2.06. The highest BCUT2D eigenvalue weighted by Crippen LogP contribution is 2.21. The molecule has 2 N–H and O–H groups in total. The third-order valence-electron chi connectivity index (χ3n) is 4.03. The normalized spacial score (nSPS) is 10.7. The lowest BCUT2D eigenvalue weighted by molar-refractivity contribution is 0.0949. The van der Waals surface area contributed by atoms with E-state index in [4.69, 9.17) is 4.74 Å². The number of hydrogen-bond donors (Lipinski definition) is 2. The van der Waals surface area contributed by atoms with Gasteiger partial charge in [-0.2, -0.15) is 0 Å². The Hall–Kier alpha value is -2.75. The molecule has 0 unspecified atom stereocenters. The quantitative estimate of drug-likeness (QED) is 0.758. The molecule has 0 fully saturated rings. The number of methoxy groups -OCH3 is 1. The van der Waals surface area contributed by atoms with Crippen LogP contribution in [0, 0.1) is 6.92 Å². The van der Waals surface area contributed by atoms with Gasteiger partial charge in [-0.15, -0.1) is 0 Å². The summed E-state index contributed by atoms with van der Waals surface area (Å²) in [5.41, 5.74) is 3.75. The van der Waals surface area contributed by atoms with E-state index in [2.05, 4.69) is 10.3 Å². The number of rotatable bonds is 5. The first-order chi connectivity index (χ1) is 11.2. The van der Waals surface area contributed by atoms with E-state index < -0.39 is 0 Å². The number of amides is 1. The molecule has 118 valence electrons. The number of nitrogens with one attached hydrogen (secondary N) is 2. The lowest BCUT2D eigenvalue weighted by Crippen LogP contribution is -2.26. The minimum absolute atomic E-state index is 0.0680. The molecule has 4 nitrogen and oxygen atoms in total. The molecular formula is C19H20N2O2. The third-order valence-corrected chi connectivity index (χ3v) is 4.03. The summed E-state index contributed by atoms with van der Waals surface area (Å²) in [5, 5.41) is 4.06. The number of ether oxygens (including phenoxy) is 1. The van der Waals surface area contributed by atoms with Crippen LogP contribution < -0.4 is 10.1 Å². The monoisotopic (exact) mass is 308 g/mol. The zero-order valence-electron chi connectivity index (χ0n) is 13.3. The second kappa shape index (κ2) is 6.57. The molecule has 1 amide bonds. The summed E-state index contributed by atoms with van der Waals surface area (Å²) >= 11 is 0. The molecule has 0 bridgehead atoms. The zero-order chi connectivity index (χ0) is 16.2. The van der Waals surface area contributed by atoms with Gasteiger partial charge in [0.2, 0.25) is 0 Å². The molecular weight excluding hydrogens is 288 g/mol. The van der Waals surface area contributed by atoms with Crippen molar-refractivity contribution in [1.82, 2.24) is 10.3 Å². The number of H-pyrrole nitrogens is 1. The van der Waals surface area contributed by atoms with Crippen molar-refractivity contribution in [1.29, 1.82) is 0 Å². The highest BCUT2D eigenvalue weighted by Gasteiger charge is 2.13. The first kappa shape index (κ1) is 15.2. The van der Waals surface area contributed by atoms with Gasteiger partial charge in [0.1, 0.15) is 11.4 Å². The summed E-state index contributed by atoms with van der Waals surface area (Å²) in [7, 11) is 1.65. The molecule has 4 heteroatoms. The Morgan fingerprint density at radius 3 is 2.78 bits per heavy atom. The Bertz CT molecular complexity index is 836. The van der Waals surface area contributed by atoms with Crippen LogP contribution in [0.1, 0.15) is 21.6 Å². The standard InChI is InChI=1S/C19H20N2O2/c1-13-16-8-3-4-9-17(16)21-18(13)19(22)20-11-10-14-6-5-7-15(12-14)23-2/h3-9,12,21H,10-11H2,1-2H3,(H,20,22). The van der Waals surface area contributed by atoms with E-state index in [1.165, 1.54) is 0 Å². The van der Waals surface area contributed by atoms with Crippen LogP contribution >= 0.6 is 0 Å². The third kappa shape index (κ3) is 3.21. The van der Waals surface area contributed by atoms with Gasteiger partial charge < -0.3 is 15.0 Å². The van der Waals surface area contributed by atoms with E-state index in [0.29, 0.717) is 12.2 Å². The fraction of sp³-hybridized carbons (Fsp3) is 0.211. The summed E-state index contributed by atoms with van der Waals surface area (Å²) in [6.45, 7) is 2.55. The molecule has 23 heavy (non-hydrogen) atoms. The van der Waals surface area contributed by atoms with Crippen molar-refractivity contribution in [2.75, 3.05) is 13.7 Å². The van der Waals surface area contributed by atoms with Crippen LogP contribution in [0.4, 0.5) is 0 Å². The number of para-hydroxylation sites is 1. The molecule has 0 aliphatic rings. The maximum atomic E-state index is 12.4. The Labute approximate surface area is 135 Å². The second-order valence-corrected chi connectivity index (χ2v) is 5.53. The van der Waals surface area contributed by atoms with E-state index >= 15 is 0 Å². The van der Waals surface area contributed by atoms with E-state index in [1.807, 2.05) is 55.5 Å². The summed E-state index contributed by atoms with van der Waals surface area (Å²) in [6.07, 6.45) is 0.766. The van der Waals surface area contributed by atoms with Crippen molar-refractivity contribution in [2.45, 2.75) is 13.3 Å².